The molecule has 0 radical (unpaired) electrons. The van der Waals surface area contributed by atoms with Crippen LogP contribution in [0.25, 0.3) is 16.6 Å². The van der Waals surface area contributed by atoms with Crippen molar-refractivity contribution < 1.29 is 9.90 Å². The maximum Gasteiger partial charge on any atom is 0.338 e. The lowest BCUT2D eigenvalue weighted by molar-refractivity contribution is 0.0697. The van der Waals surface area contributed by atoms with Gasteiger partial charge in [0.1, 0.15) is 0 Å². The van der Waals surface area contributed by atoms with Gasteiger partial charge in [-0.05, 0) is 0 Å². The molecule has 88 valence electrons. The summed E-state index contributed by atoms with van der Waals surface area (Å²) in [5.74, 6) is -0.505. The Bertz CT molecular complexity index is 730. The van der Waals surface area contributed by atoms with Gasteiger partial charge in [-0.2, -0.15) is 10.2 Å². The Morgan fingerprint density at radius 3 is 2.83 bits per heavy atom. The van der Waals surface area contributed by atoms with Crippen molar-refractivity contribution in [2.75, 3.05) is 0 Å². The van der Waals surface area contributed by atoms with Crippen LogP contribution in [0.4, 0.5) is 0 Å². The van der Waals surface area contributed by atoms with E-state index >= 15 is 0 Å². The average Bonchev–Trinajstić information content (AvgIpc) is 2.87. The summed E-state index contributed by atoms with van der Waals surface area (Å²) in [4.78, 5) is 10.8. The molecule has 6 nitrogen and oxygen atoms in total. The predicted molar refractivity (Wildman–Crippen MR) is 63.6 cm³/mol. The number of hydrogen-bond acceptors (Lipinski definition) is 4. The molecule has 0 aliphatic rings. The summed E-state index contributed by atoms with van der Waals surface area (Å²) in [5, 5.41) is 22.5. The molecular weight excluding hydrogens is 232 g/mol. The lowest BCUT2D eigenvalue weighted by Gasteiger charge is -2.03. The smallest absolute Gasteiger partial charge is 0.338 e. The van der Waals surface area contributed by atoms with E-state index in [1.807, 2.05) is 24.3 Å². The van der Waals surface area contributed by atoms with Crippen LogP contribution in [0, 0.1) is 0 Å². The van der Waals surface area contributed by atoms with Gasteiger partial charge in [0.25, 0.3) is 0 Å². The highest BCUT2D eigenvalue weighted by molar-refractivity contribution is 5.89. The van der Waals surface area contributed by atoms with Crippen molar-refractivity contribution in [3.8, 4) is 5.82 Å². The molecule has 6 heteroatoms. The Kier molecular flexibility index (Phi) is 2.26. The number of aromatic carboxylic acids is 1. The van der Waals surface area contributed by atoms with Crippen LogP contribution in [0.15, 0.2) is 42.9 Å². The fourth-order valence-electron chi connectivity index (χ4n) is 1.73. The molecule has 2 heterocycles. The normalized spacial score (nSPS) is 10.7. The number of aromatic nitrogens is 4. The van der Waals surface area contributed by atoms with Crippen LogP contribution in [-0.2, 0) is 0 Å². The molecule has 0 atom stereocenters. The van der Waals surface area contributed by atoms with Gasteiger partial charge in [0, 0.05) is 17.0 Å². The third-order valence-corrected chi connectivity index (χ3v) is 2.60. The molecule has 0 saturated heterocycles. The first kappa shape index (κ1) is 10.4. The molecule has 3 rings (SSSR count). The molecule has 3 aromatic rings. The molecule has 0 unspecified atom stereocenters. The zero-order valence-corrected chi connectivity index (χ0v) is 9.19. The number of benzene rings is 1. The molecule has 1 aromatic carbocycles. The minimum Gasteiger partial charge on any atom is -0.478 e. The molecule has 0 spiro atoms. The third-order valence-electron chi connectivity index (χ3n) is 2.60. The van der Waals surface area contributed by atoms with Crippen molar-refractivity contribution in [3.05, 3.63) is 48.4 Å². The van der Waals surface area contributed by atoms with Crippen LogP contribution in [0.5, 0.6) is 0 Å². The van der Waals surface area contributed by atoms with Gasteiger partial charge in [0.15, 0.2) is 5.82 Å². The highest BCUT2D eigenvalue weighted by Crippen LogP contribution is 2.18. The average molecular weight is 240 g/mol. The van der Waals surface area contributed by atoms with E-state index < -0.39 is 5.97 Å². The lowest BCUT2D eigenvalue weighted by Crippen LogP contribution is -2.01. The molecular formula is C12H8N4O2. The summed E-state index contributed by atoms with van der Waals surface area (Å²) in [6.07, 6.45) is 4.35. The number of carboxylic acids is 1. The molecule has 18 heavy (non-hydrogen) atoms. The van der Waals surface area contributed by atoms with Crippen molar-refractivity contribution in [1.29, 1.82) is 0 Å². The van der Waals surface area contributed by atoms with Crippen LogP contribution in [0.2, 0.25) is 0 Å². The zero-order chi connectivity index (χ0) is 12.5. The lowest BCUT2D eigenvalue weighted by atomic mass is 10.2. The van der Waals surface area contributed by atoms with E-state index in [0.717, 1.165) is 10.8 Å². The van der Waals surface area contributed by atoms with Crippen molar-refractivity contribution in [2.45, 2.75) is 0 Å². The van der Waals surface area contributed by atoms with E-state index in [0.29, 0.717) is 5.82 Å². The number of carbonyl (C=O) groups is 1. The second-order valence-corrected chi connectivity index (χ2v) is 3.73. The Morgan fingerprint density at radius 2 is 2.06 bits per heavy atom. The van der Waals surface area contributed by atoms with Crippen LogP contribution in [-0.4, -0.2) is 31.1 Å². The summed E-state index contributed by atoms with van der Waals surface area (Å²) in [5.41, 5.74) is 0.115. The van der Waals surface area contributed by atoms with Crippen molar-refractivity contribution in [2.24, 2.45) is 0 Å². The Hall–Kier alpha value is -2.76. The van der Waals surface area contributed by atoms with Gasteiger partial charge in [-0.1, -0.05) is 24.3 Å². The number of nitrogens with zero attached hydrogens (tertiary/aromatic N) is 4. The van der Waals surface area contributed by atoms with Crippen LogP contribution < -0.4 is 0 Å². The first-order valence-corrected chi connectivity index (χ1v) is 5.24. The first-order chi connectivity index (χ1) is 8.75. The van der Waals surface area contributed by atoms with Gasteiger partial charge >= 0.3 is 5.97 Å². The van der Waals surface area contributed by atoms with Gasteiger partial charge in [-0.3, -0.25) is 0 Å². The SMILES string of the molecule is O=C(O)c1cnn(-c2nncc3ccccc23)c1. The Labute approximate surface area is 102 Å². The summed E-state index contributed by atoms with van der Waals surface area (Å²) in [6, 6.07) is 7.59. The second-order valence-electron chi connectivity index (χ2n) is 3.73. The standard InChI is InChI=1S/C12H8N4O2/c17-12(18)9-6-14-16(7-9)11-10-4-2-1-3-8(10)5-13-15-11/h1-7H,(H,17,18). The van der Waals surface area contributed by atoms with E-state index in [2.05, 4.69) is 15.3 Å². The number of hydrogen-bond donors (Lipinski definition) is 1. The highest BCUT2D eigenvalue weighted by Gasteiger charge is 2.10. The van der Waals surface area contributed by atoms with Crippen LogP contribution in [0.1, 0.15) is 10.4 Å². The highest BCUT2D eigenvalue weighted by atomic mass is 16.4. The van der Waals surface area contributed by atoms with E-state index in [9.17, 15) is 4.79 Å². The van der Waals surface area contributed by atoms with Crippen LogP contribution in [0.3, 0.4) is 0 Å². The molecule has 0 saturated carbocycles. The molecule has 1 N–H and O–H groups in total. The summed E-state index contributed by atoms with van der Waals surface area (Å²) >= 11 is 0. The molecule has 0 fully saturated rings. The van der Waals surface area contributed by atoms with Crippen molar-refractivity contribution in [1.82, 2.24) is 20.0 Å². The number of fused-ring (bicyclic) bond motifs is 1. The number of rotatable bonds is 2. The predicted octanol–water partition coefficient (Wildman–Crippen LogP) is 1.51. The van der Waals surface area contributed by atoms with E-state index in [4.69, 9.17) is 5.11 Å². The fourth-order valence-corrected chi connectivity index (χ4v) is 1.73. The van der Waals surface area contributed by atoms with Gasteiger partial charge in [-0.15, -0.1) is 5.10 Å². The van der Waals surface area contributed by atoms with Gasteiger partial charge < -0.3 is 5.11 Å². The van der Waals surface area contributed by atoms with Gasteiger partial charge in [0.2, 0.25) is 0 Å². The van der Waals surface area contributed by atoms with E-state index in [1.165, 1.54) is 17.1 Å². The zero-order valence-electron chi connectivity index (χ0n) is 9.19. The number of carboxylic acid groups (broad SMARTS) is 1. The van der Waals surface area contributed by atoms with Crippen molar-refractivity contribution in [3.63, 3.8) is 0 Å². The van der Waals surface area contributed by atoms with Crippen molar-refractivity contribution >= 4 is 16.7 Å². The fraction of sp³-hybridized carbons (Fsp3) is 0. The summed E-state index contributed by atoms with van der Waals surface area (Å²) < 4.78 is 1.42. The third kappa shape index (κ3) is 1.60. The largest absolute Gasteiger partial charge is 0.478 e. The molecule has 0 aliphatic heterocycles. The molecule has 0 amide bonds. The maximum atomic E-state index is 10.8. The first-order valence-electron chi connectivity index (χ1n) is 5.24. The molecule has 0 bridgehead atoms. The van der Waals surface area contributed by atoms with E-state index in [1.54, 1.807) is 6.20 Å². The minimum absolute atomic E-state index is 0.115. The quantitative estimate of drug-likeness (QED) is 0.734. The Morgan fingerprint density at radius 1 is 1.22 bits per heavy atom. The Balaban J connectivity index is 2.21. The molecule has 0 aliphatic carbocycles. The van der Waals surface area contributed by atoms with Crippen LogP contribution >= 0.6 is 0 Å². The van der Waals surface area contributed by atoms with E-state index in [-0.39, 0.29) is 5.56 Å². The van der Waals surface area contributed by atoms with Gasteiger partial charge in [-0.25, -0.2) is 9.48 Å². The molecule has 2 aromatic heterocycles. The second kappa shape index (κ2) is 3.92. The topological polar surface area (TPSA) is 80.9 Å². The summed E-state index contributed by atoms with van der Waals surface area (Å²) in [7, 11) is 0. The van der Waals surface area contributed by atoms with Gasteiger partial charge in [0.05, 0.1) is 18.0 Å². The maximum absolute atomic E-state index is 10.8. The minimum atomic E-state index is -1.02. The summed E-state index contributed by atoms with van der Waals surface area (Å²) in [6.45, 7) is 0. The monoisotopic (exact) mass is 240 g/mol.